The summed E-state index contributed by atoms with van der Waals surface area (Å²) in [6.45, 7) is -1.55. The van der Waals surface area contributed by atoms with Crippen molar-refractivity contribution in [3.05, 3.63) is 0 Å². The van der Waals surface area contributed by atoms with Crippen molar-refractivity contribution in [2.75, 3.05) is 13.2 Å². The molecule has 0 aliphatic rings. The molecule has 13 heteroatoms. The molecule has 1 amide bonds. The fourth-order valence-electron chi connectivity index (χ4n) is 3.89. The zero-order chi connectivity index (χ0) is 27.7. The van der Waals surface area contributed by atoms with E-state index in [1.807, 2.05) is 0 Å². The summed E-state index contributed by atoms with van der Waals surface area (Å²) in [7, 11) is 0. The van der Waals surface area contributed by atoms with Crippen LogP contribution in [0.3, 0.4) is 0 Å². The molecule has 7 nitrogen and oxygen atoms in total. The number of amides is 1. The predicted molar refractivity (Wildman–Crippen MR) is 157 cm³/mol. The van der Waals surface area contributed by atoms with Gasteiger partial charge in [0.05, 0.1) is 0 Å². The molecule has 2 unspecified atom stereocenters. The first-order valence-electron chi connectivity index (χ1n) is 14.3. The van der Waals surface area contributed by atoms with Gasteiger partial charge in [-0.15, -0.1) is 0 Å². The summed E-state index contributed by atoms with van der Waals surface area (Å²) >= 11 is 12.2. The van der Waals surface area contributed by atoms with Crippen LogP contribution in [0, 0.1) is 0 Å². The molecule has 0 rings (SSSR count). The molecule has 0 aromatic heterocycles. The second-order valence-corrected chi connectivity index (χ2v) is 16.6. The Bertz CT molecular complexity index is 655. The summed E-state index contributed by atoms with van der Waals surface area (Å²) in [5, 5.41) is 0. The van der Waals surface area contributed by atoms with Crippen molar-refractivity contribution in [2.45, 2.75) is 142 Å². The third-order valence-corrected chi connectivity index (χ3v) is 13.7. The zero-order valence-electron chi connectivity index (χ0n) is 23.6. The van der Waals surface area contributed by atoms with Crippen LogP contribution < -0.4 is 5.73 Å². The normalized spacial score (nSPS) is 14.4. The van der Waals surface area contributed by atoms with E-state index < -0.39 is 19.5 Å². The van der Waals surface area contributed by atoms with Crippen LogP contribution in [0.15, 0.2) is 0 Å². The van der Waals surface area contributed by atoms with E-state index in [-0.39, 0.29) is 17.1 Å². The molecule has 0 heterocycles. The largest absolute Gasteiger partial charge is 0 e. The van der Waals surface area contributed by atoms with Crippen LogP contribution in [0.5, 0.6) is 0 Å². The topological polar surface area (TPSA) is 89.2 Å². The van der Waals surface area contributed by atoms with Crippen LogP contribution in [-0.2, 0) is 81.9 Å². The van der Waals surface area contributed by atoms with E-state index in [1.54, 1.807) is 0 Å². The number of carbonyl (C=O) groups excluding carboxylic acids is 1. The van der Waals surface area contributed by atoms with E-state index in [4.69, 9.17) is 50.4 Å². The van der Waals surface area contributed by atoms with E-state index >= 15 is 0 Å². The Morgan fingerprint density at radius 1 is 0.632 bits per heavy atom. The fraction of sp³-hybridized carbons (Fsp3) is 0.960. The van der Waals surface area contributed by atoms with E-state index in [2.05, 4.69) is 13.8 Å². The van der Waals surface area contributed by atoms with Gasteiger partial charge in [0.15, 0.2) is 0 Å². The number of nitrogens with two attached hydrogens (primary N) is 1. The molecule has 0 radical (unpaired) electrons. The van der Waals surface area contributed by atoms with E-state index in [1.165, 1.54) is 117 Å². The van der Waals surface area contributed by atoms with Crippen LogP contribution in [0.4, 0.5) is 4.79 Å². The molecule has 0 fully saturated rings. The zero-order valence-corrected chi connectivity index (χ0v) is 30.1. The first-order chi connectivity index (χ1) is 17.8. The molecule has 2 atom stereocenters. The maximum Gasteiger partial charge on any atom is 0 e. The van der Waals surface area contributed by atoms with Crippen molar-refractivity contribution in [3.8, 4) is 0 Å². The summed E-state index contributed by atoms with van der Waals surface area (Å²) in [6, 6.07) is 0. The van der Waals surface area contributed by atoms with Crippen molar-refractivity contribution >= 4 is 43.1 Å². The number of unbranched alkanes of at least 4 members (excludes halogenated alkanes) is 18. The van der Waals surface area contributed by atoms with Crippen LogP contribution in [-0.4, -0.2) is 19.3 Å². The summed E-state index contributed by atoms with van der Waals surface area (Å²) in [5.41, 5.74) is 5.22. The second kappa shape index (κ2) is 28.7. The molecule has 0 spiro atoms. The minimum atomic E-state index is -3.52. The maximum absolute atomic E-state index is 11.4. The Labute approximate surface area is 265 Å². The Hall–Kier alpha value is 1.62. The SMILES string of the molecule is CCCCCCCCCCCCOP(=S)([O][Mo])OP(=S)(OCCCCCCCCCCCC)OC(N)=O.[Fe]. The molecule has 0 bridgehead atoms. The first kappa shape index (κ1) is 41.8. The minimum absolute atomic E-state index is 0. The Morgan fingerprint density at radius 3 is 1.26 bits per heavy atom. The molecule has 0 aromatic carbocycles. The summed E-state index contributed by atoms with van der Waals surface area (Å²) in [4.78, 5) is 11.4. The van der Waals surface area contributed by atoms with Gasteiger partial charge in [-0.05, 0) is 0 Å². The summed E-state index contributed by atoms with van der Waals surface area (Å²) in [6.07, 6.45) is 23.2. The minimum Gasteiger partial charge on any atom is 0 e. The van der Waals surface area contributed by atoms with Gasteiger partial charge < -0.3 is 0 Å². The second-order valence-electron chi connectivity index (χ2n) is 9.49. The summed E-state index contributed by atoms with van der Waals surface area (Å²) in [5.74, 6) is 0. The summed E-state index contributed by atoms with van der Waals surface area (Å²) < 4.78 is 27.6. The molecule has 0 saturated carbocycles. The van der Waals surface area contributed by atoms with Crippen LogP contribution in [0.2, 0.25) is 0 Å². The first-order valence-corrected chi connectivity index (χ1v) is 20.2. The number of hydrogen-bond acceptors (Lipinski definition) is 8. The monoisotopic (exact) mass is 742 g/mol. The standard InChI is InChI=1S/C25H53NO6P2S2.Fe.Mo/c1-3-5-7-9-11-13-15-17-19-21-23-29-33(28,35)32-34(36,31-25(26)27)30-24-22-20-18-16-14-12-10-8-6-4-2;;/h3-24H2,1-2H3,(H2,26,27)(H,28,35);;/q;;+1/p-1. The van der Waals surface area contributed by atoms with Crippen molar-refractivity contribution in [3.63, 3.8) is 0 Å². The van der Waals surface area contributed by atoms with Gasteiger partial charge in [0.25, 0.3) is 0 Å². The molecular formula is C25H52FeMoNO6P2S2. The molecule has 38 heavy (non-hydrogen) atoms. The van der Waals surface area contributed by atoms with Gasteiger partial charge in [0, 0.05) is 17.1 Å². The van der Waals surface area contributed by atoms with Crippen molar-refractivity contribution in [1.82, 2.24) is 0 Å². The fourth-order valence-corrected chi connectivity index (χ4v) is 10.1. The molecule has 0 saturated heterocycles. The smallest absolute Gasteiger partial charge is 0 e. The van der Waals surface area contributed by atoms with Crippen molar-refractivity contribution in [2.24, 2.45) is 5.73 Å². The number of carbonyl (C=O) groups is 1. The third kappa shape index (κ3) is 26.5. The molecule has 0 aliphatic heterocycles. The number of primary amides is 1. The quantitative estimate of drug-likeness (QED) is 0.0482. The van der Waals surface area contributed by atoms with E-state index in [0.29, 0.717) is 13.2 Å². The average Bonchev–Trinajstić information content (AvgIpc) is 2.85. The molecular weight excluding hydrogens is 688 g/mol. The molecule has 229 valence electrons. The van der Waals surface area contributed by atoms with Crippen molar-refractivity contribution < 1.29 is 63.1 Å². The van der Waals surface area contributed by atoms with Crippen LogP contribution in [0.1, 0.15) is 142 Å². The van der Waals surface area contributed by atoms with Gasteiger partial charge in [0.2, 0.25) is 0 Å². The van der Waals surface area contributed by atoms with E-state index in [9.17, 15) is 4.79 Å². The third-order valence-electron chi connectivity index (χ3n) is 5.99. The van der Waals surface area contributed by atoms with Crippen LogP contribution >= 0.6 is 13.4 Å². The van der Waals surface area contributed by atoms with Gasteiger partial charge in [-0.3, -0.25) is 0 Å². The van der Waals surface area contributed by atoms with Crippen molar-refractivity contribution in [1.29, 1.82) is 0 Å². The van der Waals surface area contributed by atoms with E-state index in [0.717, 1.165) is 32.1 Å². The molecule has 0 aromatic rings. The average molecular weight is 741 g/mol. The van der Waals surface area contributed by atoms with Gasteiger partial charge in [-0.2, -0.15) is 0 Å². The van der Waals surface area contributed by atoms with Gasteiger partial charge in [-0.25, -0.2) is 0 Å². The number of hydrogen-bond donors (Lipinski definition) is 1. The van der Waals surface area contributed by atoms with Gasteiger partial charge >= 0.3 is 198 Å². The Kier molecular flexibility index (Phi) is 31.6. The van der Waals surface area contributed by atoms with Gasteiger partial charge in [-0.1, -0.05) is 52.4 Å². The maximum atomic E-state index is 11.4. The Balaban J connectivity index is 0. The molecule has 2 N–H and O–H groups in total. The molecule has 0 aliphatic carbocycles. The van der Waals surface area contributed by atoms with Crippen LogP contribution in [0.25, 0.3) is 0 Å². The van der Waals surface area contributed by atoms with Gasteiger partial charge in [0.1, 0.15) is 0 Å². The number of rotatable bonds is 28. The Morgan fingerprint density at radius 2 is 0.947 bits per heavy atom. The predicted octanol–water partition coefficient (Wildman–Crippen LogP) is 9.90.